The van der Waals surface area contributed by atoms with Gasteiger partial charge >= 0.3 is 6.09 Å². The number of carbonyl (C=O) groups excluding carboxylic acids is 1. The Morgan fingerprint density at radius 1 is 1.41 bits per heavy atom. The number of amides is 1. The van der Waals surface area contributed by atoms with Crippen molar-refractivity contribution in [1.29, 1.82) is 5.26 Å². The minimum absolute atomic E-state index is 0.194. The molecule has 1 aromatic rings. The first-order chi connectivity index (χ1) is 10.2. The molecule has 0 heterocycles. The standard InChI is InChI=1S/C16H23N3O3/c1-12(18-15(20)22-16(2,3)4)14(10-17)19(21)11-13-8-6-5-7-9-13/h5-9,12,14,21H,11H2,1-4H3,(H,18,20). The Morgan fingerprint density at radius 2 is 2.00 bits per heavy atom. The maximum Gasteiger partial charge on any atom is 0.407 e. The van der Waals surface area contributed by atoms with Gasteiger partial charge in [0.25, 0.3) is 0 Å². The third-order valence-corrected chi connectivity index (χ3v) is 2.86. The van der Waals surface area contributed by atoms with Gasteiger partial charge in [0.2, 0.25) is 0 Å². The summed E-state index contributed by atoms with van der Waals surface area (Å²) in [6.45, 7) is 7.11. The molecule has 22 heavy (non-hydrogen) atoms. The second kappa shape index (κ2) is 7.78. The first kappa shape index (κ1) is 18.0. The number of rotatable bonds is 5. The number of ether oxygens (including phenoxy) is 1. The number of hydrogen-bond donors (Lipinski definition) is 2. The number of nitrogens with one attached hydrogen (secondary N) is 1. The Hall–Kier alpha value is -2.10. The molecule has 1 aromatic carbocycles. The van der Waals surface area contributed by atoms with Gasteiger partial charge in [-0.25, -0.2) is 4.79 Å². The average molecular weight is 305 g/mol. The molecule has 1 rings (SSSR count). The van der Waals surface area contributed by atoms with E-state index in [1.807, 2.05) is 36.4 Å². The first-order valence-corrected chi connectivity index (χ1v) is 7.11. The maximum absolute atomic E-state index is 11.7. The van der Waals surface area contributed by atoms with Gasteiger partial charge in [-0.1, -0.05) is 30.3 Å². The van der Waals surface area contributed by atoms with Crippen molar-refractivity contribution in [2.75, 3.05) is 0 Å². The second-order valence-electron chi connectivity index (χ2n) is 6.09. The molecule has 0 aliphatic carbocycles. The van der Waals surface area contributed by atoms with Gasteiger partial charge in [-0.05, 0) is 33.3 Å². The Bertz CT molecular complexity index is 520. The van der Waals surface area contributed by atoms with Gasteiger partial charge in [-0.3, -0.25) is 0 Å². The fourth-order valence-corrected chi connectivity index (χ4v) is 1.88. The zero-order valence-electron chi connectivity index (χ0n) is 13.4. The van der Waals surface area contributed by atoms with Crippen LogP contribution in [0.25, 0.3) is 0 Å². The highest BCUT2D eigenvalue weighted by molar-refractivity contribution is 5.68. The summed E-state index contributed by atoms with van der Waals surface area (Å²) < 4.78 is 5.14. The molecule has 6 nitrogen and oxygen atoms in total. The lowest BCUT2D eigenvalue weighted by atomic mass is 10.1. The number of carbonyl (C=O) groups is 1. The smallest absolute Gasteiger partial charge is 0.407 e. The zero-order valence-corrected chi connectivity index (χ0v) is 13.4. The summed E-state index contributed by atoms with van der Waals surface area (Å²) in [4.78, 5) is 11.7. The van der Waals surface area contributed by atoms with E-state index in [9.17, 15) is 15.3 Å². The fourth-order valence-electron chi connectivity index (χ4n) is 1.88. The Kier molecular flexibility index (Phi) is 6.35. The Labute approximate surface area is 131 Å². The fraction of sp³-hybridized carbons (Fsp3) is 0.500. The molecule has 0 aliphatic rings. The van der Waals surface area contributed by atoms with Crippen LogP contribution in [0, 0.1) is 11.3 Å². The van der Waals surface area contributed by atoms with Gasteiger partial charge in [-0.15, -0.1) is 0 Å². The van der Waals surface area contributed by atoms with Crippen LogP contribution in [-0.2, 0) is 11.3 Å². The molecule has 2 atom stereocenters. The van der Waals surface area contributed by atoms with E-state index in [0.29, 0.717) is 0 Å². The summed E-state index contributed by atoms with van der Waals surface area (Å²) in [6.07, 6.45) is -0.617. The molecule has 0 aliphatic heterocycles. The molecule has 2 unspecified atom stereocenters. The van der Waals surface area contributed by atoms with Crippen molar-refractivity contribution in [3.05, 3.63) is 35.9 Å². The van der Waals surface area contributed by atoms with Crippen LogP contribution in [0.2, 0.25) is 0 Å². The molecule has 1 amide bonds. The number of nitrogens with zero attached hydrogens (tertiary/aromatic N) is 2. The zero-order chi connectivity index (χ0) is 16.8. The van der Waals surface area contributed by atoms with Crippen LogP contribution in [0.15, 0.2) is 30.3 Å². The summed E-state index contributed by atoms with van der Waals surface area (Å²) in [7, 11) is 0. The largest absolute Gasteiger partial charge is 0.444 e. The van der Waals surface area contributed by atoms with Crippen molar-refractivity contribution < 1.29 is 14.7 Å². The van der Waals surface area contributed by atoms with Crippen molar-refractivity contribution in [1.82, 2.24) is 10.4 Å². The maximum atomic E-state index is 11.7. The topological polar surface area (TPSA) is 85.6 Å². The highest BCUT2D eigenvalue weighted by Crippen LogP contribution is 2.10. The molecule has 6 heteroatoms. The predicted molar refractivity (Wildman–Crippen MR) is 82.0 cm³/mol. The summed E-state index contributed by atoms with van der Waals surface area (Å²) in [6, 6.07) is 9.81. The van der Waals surface area contributed by atoms with Crippen LogP contribution in [0.1, 0.15) is 33.3 Å². The summed E-state index contributed by atoms with van der Waals surface area (Å²) >= 11 is 0. The average Bonchev–Trinajstić information content (AvgIpc) is 2.38. The molecule has 0 bridgehead atoms. The highest BCUT2D eigenvalue weighted by Gasteiger charge is 2.26. The summed E-state index contributed by atoms with van der Waals surface area (Å²) in [5.41, 5.74) is 0.254. The number of alkyl carbamates (subject to hydrolysis) is 1. The van der Waals surface area contributed by atoms with E-state index in [1.54, 1.807) is 27.7 Å². The van der Waals surface area contributed by atoms with Gasteiger partial charge < -0.3 is 15.3 Å². The molecule has 120 valence electrons. The normalized spacial score (nSPS) is 14.0. The van der Waals surface area contributed by atoms with Crippen LogP contribution in [0.5, 0.6) is 0 Å². The van der Waals surface area contributed by atoms with Crippen LogP contribution >= 0.6 is 0 Å². The molecule has 2 N–H and O–H groups in total. The van der Waals surface area contributed by atoms with Crippen molar-refractivity contribution in [2.45, 2.75) is 51.9 Å². The molecule has 0 saturated carbocycles. The van der Waals surface area contributed by atoms with Crippen molar-refractivity contribution in [2.24, 2.45) is 0 Å². The van der Waals surface area contributed by atoms with Crippen LogP contribution in [0.4, 0.5) is 4.79 Å². The quantitative estimate of drug-likeness (QED) is 0.817. The minimum atomic E-state index is -0.882. The van der Waals surface area contributed by atoms with Crippen molar-refractivity contribution in [3.8, 4) is 6.07 Å². The van der Waals surface area contributed by atoms with E-state index >= 15 is 0 Å². The predicted octanol–water partition coefficient (Wildman–Crippen LogP) is 2.68. The number of nitriles is 1. The van der Waals surface area contributed by atoms with Crippen LogP contribution in [0.3, 0.4) is 0 Å². The highest BCUT2D eigenvalue weighted by atomic mass is 16.6. The van der Waals surface area contributed by atoms with Gasteiger partial charge in [-0.2, -0.15) is 10.3 Å². The molecule has 0 fully saturated rings. The third kappa shape index (κ3) is 6.12. The summed E-state index contributed by atoms with van der Waals surface area (Å²) in [5.74, 6) is 0. The van der Waals surface area contributed by atoms with E-state index in [0.717, 1.165) is 10.6 Å². The molecule has 0 saturated heterocycles. The molecule has 0 radical (unpaired) electrons. The molecular weight excluding hydrogens is 282 g/mol. The third-order valence-electron chi connectivity index (χ3n) is 2.86. The van der Waals surface area contributed by atoms with E-state index in [2.05, 4.69) is 5.32 Å². The molecule has 0 aromatic heterocycles. The van der Waals surface area contributed by atoms with Crippen LogP contribution < -0.4 is 5.32 Å². The number of hydroxylamine groups is 2. The Balaban J connectivity index is 2.62. The van der Waals surface area contributed by atoms with E-state index < -0.39 is 23.8 Å². The lowest BCUT2D eigenvalue weighted by molar-refractivity contribution is -0.126. The summed E-state index contributed by atoms with van der Waals surface area (Å²) in [5, 5.41) is 22.8. The van der Waals surface area contributed by atoms with E-state index in [4.69, 9.17) is 4.74 Å². The molecular formula is C16H23N3O3. The van der Waals surface area contributed by atoms with Gasteiger partial charge in [0, 0.05) is 0 Å². The van der Waals surface area contributed by atoms with E-state index in [-0.39, 0.29) is 6.54 Å². The van der Waals surface area contributed by atoms with Gasteiger partial charge in [0.15, 0.2) is 0 Å². The monoisotopic (exact) mass is 305 g/mol. The van der Waals surface area contributed by atoms with Crippen molar-refractivity contribution >= 4 is 6.09 Å². The lowest BCUT2D eigenvalue weighted by Crippen LogP contribution is -2.49. The number of hydrogen-bond acceptors (Lipinski definition) is 5. The number of benzene rings is 1. The van der Waals surface area contributed by atoms with Gasteiger partial charge in [0.05, 0.1) is 18.7 Å². The Morgan fingerprint density at radius 3 is 2.50 bits per heavy atom. The minimum Gasteiger partial charge on any atom is -0.444 e. The van der Waals surface area contributed by atoms with Gasteiger partial charge in [0.1, 0.15) is 11.6 Å². The molecule has 0 spiro atoms. The second-order valence-corrected chi connectivity index (χ2v) is 6.09. The lowest BCUT2D eigenvalue weighted by Gasteiger charge is -2.27. The van der Waals surface area contributed by atoms with Crippen molar-refractivity contribution in [3.63, 3.8) is 0 Å². The first-order valence-electron chi connectivity index (χ1n) is 7.11. The van der Waals surface area contributed by atoms with E-state index in [1.165, 1.54) is 0 Å². The SMILES string of the molecule is CC(NC(=O)OC(C)(C)C)C(C#N)N(O)Cc1ccccc1. The van der Waals surface area contributed by atoms with Crippen LogP contribution in [-0.4, -0.2) is 34.0 Å².